The Labute approximate surface area is 125 Å². The number of hydrogen-bond acceptors (Lipinski definition) is 2. The van der Waals surface area contributed by atoms with Crippen molar-refractivity contribution < 1.29 is 14.6 Å². The van der Waals surface area contributed by atoms with Gasteiger partial charge in [-0.05, 0) is 35.8 Å². The molecule has 0 saturated heterocycles. The molecule has 112 valence electrons. The summed E-state index contributed by atoms with van der Waals surface area (Å²) in [5.41, 5.74) is 2.69. The molecule has 1 N–H and O–H groups in total. The summed E-state index contributed by atoms with van der Waals surface area (Å²) < 4.78 is 5.14. The number of benzene rings is 1. The minimum absolute atomic E-state index is 0.164. The van der Waals surface area contributed by atoms with Crippen molar-refractivity contribution in [3.05, 3.63) is 53.6 Å². The summed E-state index contributed by atoms with van der Waals surface area (Å²) in [7, 11) is 1.69. The highest BCUT2D eigenvalue weighted by Gasteiger charge is 2.34. The summed E-state index contributed by atoms with van der Waals surface area (Å²) in [5.74, 6) is -0.823. The summed E-state index contributed by atoms with van der Waals surface area (Å²) in [6.07, 6.45) is 6.10. The van der Waals surface area contributed by atoms with Gasteiger partial charge in [0.2, 0.25) is 0 Å². The van der Waals surface area contributed by atoms with Gasteiger partial charge in [0.25, 0.3) is 0 Å². The van der Waals surface area contributed by atoms with Gasteiger partial charge in [-0.1, -0.05) is 49.4 Å². The largest absolute Gasteiger partial charge is 0.478 e. The van der Waals surface area contributed by atoms with E-state index in [1.54, 1.807) is 13.2 Å². The summed E-state index contributed by atoms with van der Waals surface area (Å²) in [6, 6.07) is 10.2. The van der Waals surface area contributed by atoms with E-state index in [9.17, 15) is 9.90 Å². The van der Waals surface area contributed by atoms with E-state index in [-0.39, 0.29) is 5.41 Å². The first-order valence-electron chi connectivity index (χ1n) is 7.26. The Morgan fingerprint density at radius 1 is 1.29 bits per heavy atom. The van der Waals surface area contributed by atoms with E-state index in [1.165, 1.54) is 5.57 Å². The minimum Gasteiger partial charge on any atom is -0.478 e. The van der Waals surface area contributed by atoms with Gasteiger partial charge in [0.1, 0.15) is 0 Å². The van der Waals surface area contributed by atoms with Crippen LogP contribution in [-0.4, -0.2) is 24.8 Å². The van der Waals surface area contributed by atoms with Crippen molar-refractivity contribution >= 4 is 11.5 Å². The molecule has 0 fully saturated rings. The Morgan fingerprint density at radius 3 is 2.62 bits per heavy atom. The molecule has 3 heteroatoms. The van der Waals surface area contributed by atoms with Crippen molar-refractivity contribution in [1.82, 2.24) is 0 Å². The molecule has 1 unspecified atom stereocenters. The zero-order valence-corrected chi connectivity index (χ0v) is 12.6. The van der Waals surface area contributed by atoms with Gasteiger partial charge in [0.15, 0.2) is 0 Å². The third-order valence-corrected chi connectivity index (χ3v) is 4.12. The fourth-order valence-corrected chi connectivity index (χ4v) is 3.00. The summed E-state index contributed by atoms with van der Waals surface area (Å²) >= 11 is 0. The van der Waals surface area contributed by atoms with Gasteiger partial charge in [-0.25, -0.2) is 4.79 Å². The van der Waals surface area contributed by atoms with E-state index in [2.05, 4.69) is 19.1 Å². The van der Waals surface area contributed by atoms with Crippen LogP contribution in [0, 0.1) is 5.41 Å². The van der Waals surface area contributed by atoms with Crippen molar-refractivity contribution in [3.8, 4) is 0 Å². The first-order chi connectivity index (χ1) is 10.1. The second-order valence-corrected chi connectivity index (χ2v) is 5.78. The van der Waals surface area contributed by atoms with Crippen LogP contribution in [0.2, 0.25) is 0 Å². The lowest BCUT2D eigenvalue weighted by molar-refractivity contribution is -0.133. The molecule has 0 radical (unpaired) electrons. The lowest BCUT2D eigenvalue weighted by atomic mass is 9.68. The van der Waals surface area contributed by atoms with Crippen molar-refractivity contribution in [2.75, 3.05) is 13.7 Å². The van der Waals surface area contributed by atoms with Crippen LogP contribution in [0.25, 0.3) is 5.57 Å². The molecule has 0 amide bonds. The van der Waals surface area contributed by atoms with Crippen LogP contribution >= 0.6 is 0 Å². The fourth-order valence-electron chi connectivity index (χ4n) is 3.00. The number of allylic oxidation sites excluding steroid dienone is 3. The van der Waals surface area contributed by atoms with Crippen LogP contribution in [0.5, 0.6) is 0 Å². The molecule has 3 nitrogen and oxygen atoms in total. The number of carbonyl (C=O) groups is 1. The Hall–Kier alpha value is -1.87. The molecule has 0 aromatic heterocycles. The van der Waals surface area contributed by atoms with Crippen LogP contribution < -0.4 is 0 Å². The molecule has 1 aliphatic rings. The van der Waals surface area contributed by atoms with Crippen molar-refractivity contribution in [2.24, 2.45) is 5.41 Å². The molecule has 1 aromatic rings. The summed E-state index contributed by atoms with van der Waals surface area (Å²) in [5, 5.41) is 9.28. The quantitative estimate of drug-likeness (QED) is 0.806. The second-order valence-electron chi connectivity index (χ2n) is 5.78. The van der Waals surface area contributed by atoms with E-state index >= 15 is 0 Å². The third kappa shape index (κ3) is 3.61. The fraction of sp³-hybridized carbons (Fsp3) is 0.389. The average Bonchev–Trinajstić information content (AvgIpc) is 2.48. The molecule has 1 aromatic carbocycles. The van der Waals surface area contributed by atoms with Crippen LogP contribution in [0.1, 0.15) is 31.7 Å². The third-order valence-electron chi connectivity index (χ3n) is 4.12. The standard InChI is InChI=1S/C18H22O3/c1-18(11-6-12-21-2)13-15(17(19)20)9-10-16(18)14-7-4-3-5-8-14/h3-5,7-10H,6,11-13H2,1-2H3,(H,19,20). The van der Waals surface area contributed by atoms with Gasteiger partial charge in [0, 0.05) is 19.3 Å². The van der Waals surface area contributed by atoms with Crippen LogP contribution in [0.4, 0.5) is 0 Å². The normalized spacial score (nSPS) is 21.6. The van der Waals surface area contributed by atoms with Gasteiger partial charge in [-0.2, -0.15) is 0 Å². The molecule has 1 atom stereocenters. The SMILES string of the molecule is COCCCC1(C)CC(C(=O)O)=CC=C1c1ccccc1. The molecule has 0 bridgehead atoms. The maximum atomic E-state index is 11.3. The predicted molar refractivity (Wildman–Crippen MR) is 84.0 cm³/mol. The maximum Gasteiger partial charge on any atom is 0.331 e. The predicted octanol–water partition coefficient (Wildman–Crippen LogP) is 3.92. The molecule has 0 spiro atoms. The zero-order valence-electron chi connectivity index (χ0n) is 12.6. The number of aliphatic carboxylic acids is 1. The number of carboxylic acid groups (broad SMARTS) is 1. The molecule has 2 rings (SSSR count). The smallest absolute Gasteiger partial charge is 0.331 e. The van der Waals surface area contributed by atoms with E-state index < -0.39 is 5.97 Å². The molecule has 0 saturated carbocycles. The van der Waals surface area contributed by atoms with Gasteiger partial charge in [-0.15, -0.1) is 0 Å². The Bertz CT molecular complexity index is 557. The van der Waals surface area contributed by atoms with E-state index in [0.29, 0.717) is 18.6 Å². The Morgan fingerprint density at radius 2 is 2.00 bits per heavy atom. The van der Waals surface area contributed by atoms with Crippen molar-refractivity contribution in [2.45, 2.75) is 26.2 Å². The van der Waals surface area contributed by atoms with Gasteiger partial charge in [0.05, 0.1) is 0 Å². The zero-order chi connectivity index (χ0) is 15.3. The van der Waals surface area contributed by atoms with Gasteiger partial charge < -0.3 is 9.84 Å². The highest BCUT2D eigenvalue weighted by atomic mass is 16.5. The van der Waals surface area contributed by atoms with Crippen LogP contribution in [0.3, 0.4) is 0 Å². The highest BCUT2D eigenvalue weighted by Crippen LogP contribution is 2.46. The number of hydrogen-bond donors (Lipinski definition) is 1. The average molecular weight is 286 g/mol. The molecule has 0 aliphatic heterocycles. The second kappa shape index (κ2) is 6.72. The molecular formula is C18H22O3. The highest BCUT2D eigenvalue weighted by molar-refractivity contribution is 5.90. The number of carboxylic acids is 1. The lowest BCUT2D eigenvalue weighted by Gasteiger charge is -2.35. The summed E-state index contributed by atoms with van der Waals surface area (Å²) in [4.78, 5) is 11.3. The van der Waals surface area contributed by atoms with E-state index in [4.69, 9.17) is 4.74 Å². The molecular weight excluding hydrogens is 264 g/mol. The minimum atomic E-state index is -0.823. The van der Waals surface area contributed by atoms with Crippen molar-refractivity contribution in [1.29, 1.82) is 0 Å². The van der Waals surface area contributed by atoms with Gasteiger partial charge >= 0.3 is 5.97 Å². The Kier molecular flexibility index (Phi) is 4.97. The van der Waals surface area contributed by atoms with Crippen LogP contribution in [-0.2, 0) is 9.53 Å². The van der Waals surface area contributed by atoms with Gasteiger partial charge in [-0.3, -0.25) is 0 Å². The first-order valence-corrected chi connectivity index (χ1v) is 7.26. The van der Waals surface area contributed by atoms with E-state index in [1.807, 2.05) is 24.3 Å². The topological polar surface area (TPSA) is 46.5 Å². The van der Waals surface area contributed by atoms with Crippen molar-refractivity contribution in [3.63, 3.8) is 0 Å². The summed E-state index contributed by atoms with van der Waals surface area (Å²) in [6.45, 7) is 2.85. The molecule has 0 heterocycles. The molecule has 1 aliphatic carbocycles. The molecule has 21 heavy (non-hydrogen) atoms. The maximum absolute atomic E-state index is 11.3. The first kappa shape index (κ1) is 15.5. The number of ether oxygens (including phenoxy) is 1. The lowest BCUT2D eigenvalue weighted by Crippen LogP contribution is -2.24. The number of methoxy groups -OCH3 is 1. The van der Waals surface area contributed by atoms with E-state index in [0.717, 1.165) is 18.4 Å². The Balaban J connectivity index is 2.33. The monoisotopic (exact) mass is 286 g/mol. The number of rotatable bonds is 6. The van der Waals surface area contributed by atoms with Crippen LogP contribution in [0.15, 0.2) is 48.1 Å².